The molecule has 0 bridgehead atoms. The average molecular weight is 286 g/mol. The average Bonchev–Trinajstić information content (AvgIpc) is 3.08. The van der Waals surface area contributed by atoms with Gasteiger partial charge in [0, 0.05) is 37.3 Å². The Kier molecular flexibility index (Phi) is 4.91. The Bertz CT molecular complexity index is 457. The molecule has 1 aromatic rings. The van der Waals surface area contributed by atoms with Gasteiger partial charge in [0.1, 0.15) is 0 Å². The molecule has 0 saturated carbocycles. The summed E-state index contributed by atoms with van der Waals surface area (Å²) in [7, 11) is 0. The highest BCUT2D eigenvalue weighted by Gasteiger charge is 2.14. The van der Waals surface area contributed by atoms with Crippen molar-refractivity contribution in [3.63, 3.8) is 0 Å². The minimum atomic E-state index is 0.286. The van der Waals surface area contributed by atoms with Crippen LogP contribution in [0.25, 0.3) is 0 Å². The largest absolute Gasteiger partial charge is 0.372 e. The fourth-order valence-corrected chi connectivity index (χ4v) is 3.42. The smallest absolute Gasteiger partial charge is 0.164 e. The Balaban J connectivity index is 1.52. The highest BCUT2D eigenvalue weighted by Crippen LogP contribution is 2.21. The van der Waals surface area contributed by atoms with E-state index in [0.717, 1.165) is 25.2 Å². The van der Waals surface area contributed by atoms with Gasteiger partial charge in [0.15, 0.2) is 5.78 Å². The summed E-state index contributed by atoms with van der Waals surface area (Å²) >= 11 is 0. The molecule has 114 valence electrons. The van der Waals surface area contributed by atoms with Crippen LogP contribution in [-0.2, 0) is 0 Å². The molecular formula is C18H26N2O. The normalized spacial score (nSPS) is 19.9. The number of hydrogen-bond donors (Lipinski definition) is 0. The van der Waals surface area contributed by atoms with Crippen molar-refractivity contribution in [3.05, 3.63) is 29.8 Å². The Labute approximate surface area is 127 Å². The fraction of sp³-hybridized carbons (Fsp3) is 0.611. The summed E-state index contributed by atoms with van der Waals surface area (Å²) < 4.78 is 0. The number of benzene rings is 1. The van der Waals surface area contributed by atoms with Crippen LogP contribution in [0.3, 0.4) is 0 Å². The van der Waals surface area contributed by atoms with Crippen molar-refractivity contribution >= 4 is 11.5 Å². The number of hydrogen-bond acceptors (Lipinski definition) is 3. The molecule has 3 nitrogen and oxygen atoms in total. The van der Waals surface area contributed by atoms with Gasteiger partial charge >= 0.3 is 0 Å². The summed E-state index contributed by atoms with van der Waals surface area (Å²) in [5.41, 5.74) is 2.13. The van der Waals surface area contributed by atoms with Crippen molar-refractivity contribution in [1.82, 2.24) is 4.90 Å². The van der Waals surface area contributed by atoms with Crippen LogP contribution in [0, 0.1) is 0 Å². The predicted molar refractivity (Wildman–Crippen MR) is 87.1 cm³/mol. The van der Waals surface area contributed by atoms with Gasteiger partial charge in [-0.05, 0) is 63.0 Å². The van der Waals surface area contributed by atoms with Crippen LogP contribution in [0.1, 0.15) is 48.9 Å². The summed E-state index contributed by atoms with van der Waals surface area (Å²) in [6.45, 7) is 5.57. The highest BCUT2D eigenvalue weighted by molar-refractivity contribution is 5.96. The maximum Gasteiger partial charge on any atom is 0.164 e. The second-order valence-electron chi connectivity index (χ2n) is 6.32. The molecule has 3 heteroatoms. The predicted octanol–water partition coefficient (Wildman–Crippen LogP) is 3.35. The molecule has 3 rings (SSSR count). The fourth-order valence-electron chi connectivity index (χ4n) is 3.42. The molecule has 2 saturated heterocycles. The third-order valence-corrected chi connectivity index (χ3v) is 4.76. The quantitative estimate of drug-likeness (QED) is 0.776. The molecule has 0 radical (unpaired) electrons. The number of carbonyl (C=O) groups excluding carboxylic acids is 1. The number of carbonyl (C=O) groups is 1. The Morgan fingerprint density at radius 1 is 0.857 bits per heavy atom. The first-order valence-corrected chi connectivity index (χ1v) is 8.43. The summed E-state index contributed by atoms with van der Waals surface area (Å²) in [5.74, 6) is 0.286. The number of anilines is 1. The van der Waals surface area contributed by atoms with Crippen LogP contribution < -0.4 is 4.90 Å². The van der Waals surface area contributed by atoms with Gasteiger partial charge in [-0.2, -0.15) is 0 Å². The first-order chi connectivity index (χ1) is 10.3. The molecule has 21 heavy (non-hydrogen) atoms. The lowest BCUT2D eigenvalue weighted by Gasteiger charge is -2.26. The lowest BCUT2D eigenvalue weighted by Crippen LogP contribution is -2.31. The zero-order chi connectivity index (χ0) is 14.5. The van der Waals surface area contributed by atoms with Crippen molar-refractivity contribution in [2.24, 2.45) is 0 Å². The topological polar surface area (TPSA) is 23.6 Å². The molecule has 2 aliphatic rings. The first-order valence-electron chi connectivity index (χ1n) is 8.43. The van der Waals surface area contributed by atoms with Gasteiger partial charge in [0.2, 0.25) is 0 Å². The van der Waals surface area contributed by atoms with E-state index in [2.05, 4.69) is 21.9 Å². The van der Waals surface area contributed by atoms with Gasteiger partial charge in [-0.15, -0.1) is 0 Å². The van der Waals surface area contributed by atoms with E-state index in [9.17, 15) is 4.79 Å². The monoisotopic (exact) mass is 286 g/mol. The number of rotatable bonds is 5. The van der Waals surface area contributed by atoms with Gasteiger partial charge in [-0.3, -0.25) is 4.79 Å². The molecule has 0 N–H and O–H groups in total. The van der Waals surface area contributed by atoms with E-state index in [1.807, 2.05) is 12.1 Å². The number of Topliss-reactive ketones (excluding diaryl/α,β-unsaturated/α-hetero) is 1. The molecule has 0 unspecified atom stereocenters. The van der Waals surface area contributed by atoms with Crippen LogP contribution in [0.5, 0.6) is 0 Å². The molecule has 2 aliphatic heterocycles. The lowest BCUT2D eigenvalue weighted by atomic mass is 10.1. The van der Waals surface area contributed by atoms with Crippen LogP contribution in [-0.4, -0.2) is 43.4 Å². The molecule has 0 atom stereocenters. The molecule has 2 fully saturated rings. The van der Waals surface area contributed by atoms with E-state index in [1.54, 1.807) is 0 Å². The van der Waals surface area contributed by atoms with Crippen molar-refractivity contribution in [3.8, 4) is 0 Å². The molecular weight excluding hydrogens is 260 g/mol. The number of nitrogens with zero attached hydrogens (tertiary/aromatic N) is 2. The molecule has 1 aromatic carbocycles. The minimum absolute atomic E-state index is 0.286. The summed E-state index contributed by atoms with van der Waals surface area (Å²) in [5, 5.41) is 0. The Hall–Kier alpha value is -1.35. The zero-order valence-electron chi connectivity index (χ0n) is 12.9. The minimum Gasteiger partial charge on any atom is -0.372 e. The third-order valence-electron chi connectivity index (χ3n) is 4.76. The van der Waals surface area contributed by atoms with Crippen LogP contribution >= 0.6 is 0 Å². The highest BCUT2D eigenvalue weighted by atomic mass is 16.1. The van der Waals surface area contributed by atoms with Crippen LogP contribution in [0.2, 0.25) is 0 Å². The maximum absolute atomic E-state index is 12.3. The van der Waals surface area contributed by atoms with Gasteiger partial charge in [0.25, 0.3) is 0 Å². The van der Waals surface area contributed by atoms with E-state index in [0.29, 0.717) is 6.42 Å². The standard InChI is InChI=1S/C18H26N2O/c21-18(10-15-19-11-2-1-3-12-19)16-6-8-17(9-7-16)20-13-4-5-14-20/h6-9H,1-5,10-15H2. The second-order valence-corrected chi connectivity index (χ2v) is 6.32. The maximum atomic E-state index is 12.3. The van der Waals surface area contributed by atoms with Gasteiger partial charge in [-0.25, -0.2) is 0 Å². The number of likely N-dealkylation sites (tertiary alicyclic amines) is 1. The number of ketones is 1. The molecule has 2 heterocycles. The lowest BCUT2D eigenvalue weighted by molar-refractivity contribution is 0.0958. The summed E-state index contributed by atoms with van der Waals surface area (Å²) in [6.07, 6.45) is 7.16. The Morgan fingerprint density at radius 2 is 1.48 bits per heavy atom. The zero-order valence-corrected chi connectivity index (χ0v) is 12.9. The molecule has 0 aromatic heterocycles. The van der Waals surface area contributed by atoms with E-state index in [-0.39, 0.29) is 5.78 Å². The van der Waals surface area contributed by atoms with Crippen LogP contribution in [0.4, 0.5) is 5.69 Å². The van der Waals surface area contributed by atoms with E-state index < -0.39 is 0 Å². The molecule has 0 aliphatic carbocycles. The first kappa shape index (κ1) is 14.6. The van der Waals surface area contributed by atoms with E-state index in [1.165, 1.54) is 50.9 Å². The second kappa shape index (κ2) is 7.08. The van der Waals surface area contributed by atoms with Crippen LogP contribution in [0.15, 0.2) is 24.3 Å². The van der Waals surface area contributed by atoms with Crippen molar-refractivity contribution in [1.29, 1.82) is 0 Å². The van der Waals surface area contributed by atoms with Crippen molar-refractivity contribution in [2.75, 3.05) is 37.6 Å². The van der Waals surface area contributed by atoms with Crippen molar-refractivity contribution in [2.45, 2.75) is 38.5 Å². The molecule has 0 amide bonds. The van der Waals surface area contributed by atoms with Gasteiger partial charge in [0.05, 0.1) is 0 Å². The van der Waals surface area contributed by atoms with E-state index in [4.69, 9.17) is 0 Å². The Morgan fingerprint density at radius 3 is 2.14 bits per heavy atom. The van der Waals surface area contributed by atoms with Crippen molar-refractivity contribution < 1.29 is 4.79 Å². The summed E-state index contributed by atoms with van der Waals surface area (Å²) in [4.78, 5) is 17.1. The third kappa shape index (κ3) is 3.85. The molecule has 0 spiro atoms. The van der Waals surface area contributed by atoms with Gasteiger partial charge < -0.3 is 9.80 Å². The van der Waals surface area contributed by atoms with E-state index >= 15 is 0 Å². The SMILES string of the molecule is O=C(CCN1CCCCC1)c1ccc(N2CCCC2)cc1. The van der Waals surface area contributed by atoms with Gasteiger partial charge in [-0.1, -0.05) is 6.42 Å². The number of piperidine rings is 1. The summed E-state index contributed by atoms with van der Waals surface area (Å²) in [6, 6.07) is 8.23.